The van der Waals surface area contributed by atoms with Crippen molar-refractivity contribution in [3.05, 3.63) is 75.3 Å². The third kappa shape index (κ3) is 6.16. The van der Waals surface area contributed by atoms with Crippen LogP contribution in [0.3, 0.4) is 0 Å². The molecule has 0 fully saturated rings. The topological polar surface area (TPSA) is 122 Å². The summed E-state index contributed by atoms with van der Waals surface area (Å²) in [5.74, 6) is 0. The Hall–Kier alpha value is -3.18. The number of aliphatic hydroxyl groups is 2. The van der Waals surface area contributed by atoms with Crippen LogP contribution < -0.4 is 5.32 Å². The maximum absolute atomic E-state index is 13.1. The Morgan fingerprint density at radius 1 is 1.17 bits per heavy atom. The predicted molar refractivity (Wildman–Crippen MR) is 93.7 cm³/mol. The number of alkyl halides is 3. The van der Waals surface area contributed by atoms with Gasteiger partial charge in [0.05, 0.1) is 10.5 Å². The van der Waals surface area contributed by atoms with Gasteiger partial charge in [-0.25, -0.2) is 4.79 Å². The normalized spacial score (nSPS) is 13.4. The van der Waals surface area contributed by atoms with E-state index in [0.29, 0.717) is 23.8 Å². The standard InChI is InChI=1S/C18H17F3N2O6/c19-18(20,21)14-7-6-12(23(27)28)8-13(14)16(25)15(24)9-22-17(26)29-10-11-4-2-1-3-5-11/h1-8,15-16,24-25H,9-10H2,(H,22,26). The van der Waals surface area contributed by atoms with Gasteiger partial charge in [-0.15, -0.1) is 0 Å². The van der Waals surface area contributed by atoms with Crippen molar-refractivity contribution in [2.24, 2.45) is 0 Å². The number of nitrogens with one attached hydrogen (secondary N) is 1. The minimum Gasteiger partial charge on any atom is -0.445 e. The van der Waals surface area contributed by atoms with Crippen molar-refractivity contribution in [2.75, 3.05) is 6.54 Å². The molecule has 2 rings (SSSR count). The minimum atomic E-state index is -4.91. The lowest BCUT2D eigenvalue weighted by molar-refractivity contribution is -0.385. The van der Waals surface area contributed by atoms with Gasteiger partial charge in [-0.2, -0.15) is 13.2 Å². The number of carbonyl (C=O) groups excluding carboxylic acids is 1. The lowest BCUT2D eigenvalue weighted by atomic mass is 9.97. The highest BCUT2D eigenvalue weighted by molar-refractivity contribution is 5.67. The molecule has 0 aromatic heterocycles. The fraction of sp³-hybridized carbons (Fsp3) is 0.278. The lowest BCUT2D eigenvalue weighted by Gasteiger charge is -2.22. The summed E-state index contributed by atoms with van der Waals surface area (Å²) in [4.78, 5) is 21.5. The van der Waals surface area contributed by atoms with Gasteiger partial charge in [0.25, 0.3) is 5.69 Å². The quantitative estimate of drug-likeness (QED) is 0.473. The Morgan fingerprint density at radius 2 is 1.83 bits per heavy atom. The first-order valence-electron chi connectivity index (χ1n) is 8.26. The summed E-state index contributed by atoms with van der Waals surface area (Å²) in [6.45, 7) is -0.719. The molecule has 0 saturated heterocycles. The second kappa shape index (κ2) is 9.34. The molecule has 1 amide bonds. The second-order valence-corrected chi connectivity index (χ2v) is 5.98. The van der Waals surface area contributed by atoms with Crippen molar-refractivity contribution in [1.82, 2.24) is 5.32 Å². The van der Waals surface area contributed by atoms with Crippen molar-refractivity contribution < 1.29 is 37.8 Å². The summed E-state index contributed by atoms with van der Waals surface area (Å²) >= 11 is 0. The summed E-state index contributed by atoms with van der Waals surface area (Å²) in [6, 6.07) is 10.3. The first-order valence-corrected chi connectivity index (χ1v) is 8.26. The summed E-state index contributed by atoms with van der Waals surface area (Å²) < 4.78 is 44.3. The molecule has 0 aliphatic rings. The zero-order valence-electron chi connectivity index (χ0n) is 14.8. The number of non-ortho nitro benzene ring substituents is 1. The van der Waals surface area contributed by atoms with Crippen LogP contribution in [0.1, 0.15) is 22.8 Å². The number of carbonyl (C=O) groups is 1. The first kappa shape index (κ1) is 22.1. The van der Waals surface area contributed by atoms with Crippen LogP contribution in [0.2, 0.25) is 0 Å². The SMILES string of the molecule is O=C(NCC(O)C(O)c1cc([N+](=O)[O-])ccc1C(F)(F)F)OCc1ccccc1. The van der Waals surface area contributed by atoms with Crippen LogP contribution in [0.25, 0.3) is 0 Å². The van der Waals surface area contributed by atoms with E-state index in [9.17, 15) is 38.3 Å². The van der Waals surface area contributed by atoms with Gasteiger partial charge in [0, 0.05) is 24.2 Å². The van der Waals surface area contributed by atoms with Gasteiger partial charge >= 0.3 is 12.3 Å². The number of benzene rings is 2. The molecule has 0 radical (unpaired) electrons. The number of hydrogen-bond donors (Lipinski definition) is 3. The van der Waals surface area contributed by atoms with E-state index in [4.69, 9.17) is 4.74 Å². The van der Waals surface area contributed by atoms with E-state index in [1.807, 2.05) is 0 Å². The zero-order chi connectivity index (χ0) is 21.6. The van der Waals surface area contributed by atoms with Crippen LogP contribution in [-0.4, -0.2) is 33.9 Å². The van der Waals surface area contributed by atoms with Crippen LogP contribution in [0, 0.1) is 10.1 Å². The number of nitrogens with zero attached hydrogens (tertiary/aromatic N) is 1. The molecule has 3 N–H and O–H groups in total. The van der Waals surface area contributed by atoms with Crippen molar-refractivity contribution in [3.8, 4) is 0 Å². The molecule has 29 heavy (non-hydrogen) atoms. The molecule has 0 aliphatic carbocycles. The molecule has 156 valence electrons. The highest BCUT2D eigenvalue weighted by Gasteiger charge is 2.37. The van der Waals surface area contributed by atoms with Gasteiger partial charge in [-0.05, 0) is 11.6 Å². The largest absolute Gasteiger partial charge is 0.445 e. The number of amides is 1. The van der Waals surface area contributed by atoms with Gasteiger partial charge < -0.3 is 20.3 Å². The molecule has 2 atom stereocenters. The number of nitro groups is 1. The second-order valence-electron chi connectivity index (χ2n) is 5.98. The summed E-state index contributed by atoms with van der Waals surface area (Å²) in [5, 5.41) is 33.0. The zero-order valence-corrected chi connectivity index (χ0v) is 14.8. The number of ether oxygens (including phenoxy) is 1. The van der Waals surface area contributed by atoms with E-state index in [0.717, 1.165) is 0 Å². The van der Waals surface area contributed by atoms with Crippen molar-refractivity contribution >= 4 is 11.8 Å². The molecule has 11 heteroatoms. The number of halogens is 3. The van der Waals surface area contributed by atoms with E-state index >= 15 is 0 Å². The average Bonchev–Trinajstić information content (AvgIpc) is 2.69. The fourth-order valence-electron chi connectivity index (χ4n) is 2.45. The van der Waals surface area contributed by atoms with Crippen LogP contribution >= 0.6 is 0 Å². The van der Waals surface area contributed by atoms with E-state index < -0.39 is 52.8 Å². The van der Waals surface area contributed by atoms with Crippen molar-refractivity contribution in [2.45, 2.75) is 25.0 Å². The first-order chi connectivity index (χ1) is 13.6. The minimum absolute atomic E-state index is 0.0750. The van der Waals surface area contributed by atoms with Crippen LogP contribution in [-0.2, 0) is 17.5 Å². The summed E-state index contributed by atoms with van der Waals surface area (Å²) in [7, 11) is 0. The number of aliphatic hydroxyl groups excluding tert-OH is 2. The smallest absolute Gasteiger partial charge is 0.416 e. The molecule has 2 unspecified atom stereocenters. The van der Waals surface area contributed by atoms with Crippen molar-refractivity contribution in [1.29, 1.82) is 0 Å². The molecule has 0 spiro atoms. The Balaban J connectivity index is 2.03. The highest BCUT2D eigenvalue weighted by Crippen LogP contribution is 2.37. The molecule has 0 aliphatic heterocycles. The maximum atomic E-state index is 13.1. The van der Waals surface area contributed by atoms with E-state index in [2.05, 4.69) is 5.32 Å². The van der Waals surface area contributed by atoms with Crippen molar-refractivity contribution in [3.63, 3.8) is 0 Å². The molecular weight excluding hydrogens is 397 g/mol. The fourth-order valence-corrected chi connectivity index (χ4v) is 2.45. The number of nitro benzene ring substituents is 1. The lowest BCUT2D eigenvalue weighted by Crippen LogP contribution is -2.36. The Labute approximate surface area is 162 Å². The van der Waals surface area contributed by atoms with Gasteiger partial charge in [0.1, 0.15) is 18.8 Å². The molecule has 2 aromatic rings. The van der Waals surface area contributed by atoms with Crippen LogP contribution in [0.15, 0.2) is 48.5 Å². The third-order valence-electron chi connectivity index (χ3n) is 3.90. The molecule has 0 bridgehead atoms. The Morgan fingerprint density at radius 3 is 2.41 bits per heavy atom. The predicted octanol–water partition coefficient (Wildman–Crippen LogP) is 2.93. The molecule has 8 nitrogen and oxygen atoms in total. The van der Waals surface area contributed by atoms with E-state index in [1.165, 1.54) is 0 Å². The summed E-state index contributed by atoms with van der Waals surface area (Å²) in [5.41, 5.74) is -2.20. The monoisotopic (exact) mass is 414 g/mol. The highest BCUT2D eigenvalue weighted by atomic mass is 19.4. The summed E-state index contributed by atoms with van der Waals surface area (Å²) in [6.07, 6.45) is -9.88. The maximum Gasteiger partial charge on any atom is 0.416 e. The van der Waals surface area contributed by atoms with Gasteiger partial charge in [-0.3, -0.25) is 10.1 Å². The third-order valence-corrected chi connectivity index (χ3v) is 3.90. The molecule has 0 heterocycles. The van der Waals surface area contributed by atoms with E-state index in [1.54, 1.807) is 30.3 Å². The Kier molecular flexibility index (Phi) is 7.13. The number of rotatable bonds is 7. The molecule has 2 aromatic carbocycles. The van der Waals surface area contributed by atoms with Gasteiger partial charge in [-0.1, -0.05) is 30.3 Å². The number of alkyl carbamates (subject to hydrolysis) is 1. The van der Waals surface area contributed by atoms with Gasteiger partial charge in [0.2, 0.25) is 0 Å². The number of hydrogen-bond acceptors (Lipinski definition) is 6. The molecular formula is C18H17F3N2O6. The van der Waals surface area contributed by atoms with E-state index in [-0.39, 0.29) is 6.61 Å². The van der Waals surface area contributed by atoms with Gasteiger partial charge in [0.15, 0.2) is 0 Å². The molecule has 0 saturated carbocycles. The Bertz CT molecular complexity index is 860. The van der Waals surface area contributed by atoms with Crippen LogP contribution in [0.5, 0.6) is 0 Å². The van der Waals surface area contributed by atoms with Crippen LogP contribution in [0.4, 0.5) is 23.7 Å². The average molecular weight is 414 g/mol.